The highest BCUT2D eigenvalue weighted by atomic mass is 35.5. The number of halogens is 1. The SMILES string of the molecule is CCCc1cc(C(=O)Oc2c(Cl)cccc2C(C)=O)n(C)n1. The lowest BCUT2D eigenvalue weighted by Gasteiger charge is -2.09. The fraction of sp³-hybridized carbons (Fsp3) is 0.312. The highest BCUT2D eigenvalue weighted by Crippen LogP contribution is 2.29. The summed E-state index contributed by atoms with van der Waals surface area (Å²) < 4.78 is 6.81. The molecule has 0 aliphatic heterocycles. The van der Waals surface area contributed by atoms with E-state index in [1.165, 1.54) is 11.6 Å². The Morgan fingerprint density at radius 2 is 2.09 bits per heavy atom. The Kier molecular flexibility index (Phi) is 4.98. The average molecular weight is 321 g/mol. The Morgan fingerprint density at radius 3 is 2.73 bits per heavy atom. The Bertz CT molecular complexity index is 722. The second-order valence-corrected chi connectivity index (χ2v) is 5.36. The van der Waals surface area contributed by atoms with Crippen molar-refractivity contribution in [3.8, 4) is 5.75 Å². The zero-order valence-electron chi connectivity index (χ0n) is 12.7. The zero-order valence-corrected chi connectivity index (χ0v) is 13.5. The minimum Gasteiger partial charge on any atom is -0.419 e. The molecule has 0 spiro atoms. The molecule has 0 saturated carbocycles. The molecule has 0 atom stereocenters. The summed E-state index contributed by atoms with van der Waals surface area (Å²) >= 11 is 6.05. The summed E-state index contributed by atoms with van der Waals surface area (Å²) in [6.45, 7) is 3.43. The third-order valence-electron chi connectivity index (χ3n) is 3.19. The first kappa shape index (κ1) is 16.2. The van der Waals surface area contributed by atoms with Crippen molar-refractivity contribution in [2.24, 2.45) is 7.05 Å². The molecular weight excluding hydrogens is 304 g/mol. The molecule has 0 bridgehead atoms. The molecule has 1 aromatic carbocycles. The lowest BCUT2D eigenvalue weighted by atomic mass is 10.1. The number of carbonyl (C=O) groups is 2. The first-order valence-corrected chi connectivity index (χ1v) is 7.36. The molecule has 0 fully saturated rings. The molecule has 2 rings (SSSR count). The third-order valence-corrected chi connectivity index (χ3v) is 3.48. The minimum absolute atomic E-state index is 0.0832. The summed E-state index contributed by atoms with van der Waals surface area (Å²) in [5.74, 6) is -0.727. The fourth-order valence-corrected chi connectivity index (χ4v) is 2.34. The highest BCUT2D eigenvalue weighted by Gasteiger charge is 2.20. The predicted molar refractivity (Wildman–Crippen MR) is 83.6 cm³/mol. The van der Waals surface area contributed by atoms with Crippen molar-refractivity contribution in [3.05, 3.63) is 46.2 Å². The number of aromatic nitrogens is 2. The van der Waals surface area contributed by atoms with Gasteiger partial charge >= 0.3 is 5.97 Å². The van der Waals surface area contributed by atoms with Crippen LogP contribution >= 0.6 is 11.6 Å². The monoisotopic (exact) mass is 320 g/mol. The number of hydrogen-bond donors (Lipinski definition) is 0. The number of benzene rings is 1. The number of ketones is 1. The van der Waals surface area contributed by atoms with Crippen molar-refractivity contribution >= 4 is 23.4 Å². The van der Waals surface area contributed by atoms with Gasteiger partial charge in [-0.2, -0.15) is 5.10 Å². The molecule has 0 saturated heterocycles. The lowest BCUT2D eigenvalue weighted by molar-refractivity contribution is 0.0721. The molecule has 116 valence electrons. The number of rotatable bonds is 5. The van der Waals surface area contributed by atoms with E-state index < -0.39 is 5.97 Å². The summed E-state index contributed by atoms with van der Waals surface area (Å²) in [5.41, 5.74) is 1.41. The molecule has 6 heteroatoms. The summed E-state index contributed by atoms with van der Waals surface area (Å²) in [5, 5.41) is 4.48. The van der Waals surface area contributed by atoms with Crippen molar-refractivity contribution < 1.29 is 14.3 Å². The summed E-state index contributed by atoms with van der Waals surface area (Å²) in [6, 6.07) is 6.47. The minimum atomic E-state index is -0.590. The quantitative estimate of drug-likeness (QED) is 0.481. The van der Waals surface area contributed by atoms with Crippen molar-refractivity contribution in [2.75, 3.05) is 0 Å². The van der Waals surface area contributed by atoms with Gasteiger partial charge in [0.15, 0.2) is 11.5 Å². The molecule has 5 nitrogen and oxygen atoms in total. The fourth-order valence-electron chi connectivity index (χ4n) is 2.13. The maximum Gasteiger partial charge on any atom is 0.362 e. The standard InChI is InChI=1S/C16H17ClN2O3/c1-4-6-11-9-14(19(3)18-11)16(21)22-15-12(10(2)20)7-5-8-13(15)17/h5,7-9H,4,6H2,1-3H3. The zero-order chi connectivity index (χ0) is 16.3. The number of esters is 1. The van der Waals surface area contributed by atoms with Gasteiger partial charge in [-0.15, -0.1) is 0 Å². The second kappa shape index (κ2) is 6.75. The van der Waals surface area contributed by atoms with Crippen molar-refractivity contribution in [1.82, 2.24) is 9.78 Å². The molecule has 0 aliphatic rings. The van der Waals surface area contributed by atoms with Crippen LogP contribution in [0.1, 0.15) is 46.8 Å². The number of aryl methyl sites for hydroxylation is 2. The largest absolute Gasteiger partial charge is 0.419 e. The molecular formula is C16H17ClN2O3. The lowest BCUT2D eigenvalue weighted by Crippen LogP contribution is -2.15. The van der Waals surface area contributed by atoms with Crippen LogP contribution in [0.3, 0.4) is 0 Å². The van der Waals surface area contributed by atoms with E-state index in [9.17, 15) is 9.59 Å². The molecule has 22 heavy (non-hydrogen) atoms. The number of hydrogen-bond acceptors (Lipinski definition) is 4. The number of para-hydroxylation sites is 1. The molecule has 0 aliphatic carbocycles. The van der Waals surface area contributed by atoms with E-state index in [1.54, 1.807) is 31.3 Å². The molecule has 0 radical (unpaired) electrons. The Hall–Kier alpha value is -2.14. The highest BCUT2D eigenvalue weighted by molar-refractivity contribution is 6.32. The third kappa shape index (κ3) is 3.36. The van der Waals surface area contributed by atoms with Gasteiger partial charge in [-0.3, -0.25) is 9.48 Å². The van der Waals surface area contributed by atoms with Crippen LogP contribution in [0.5, 0.6) is 5.75 Å². The Labute approximate surface area is 133 Å². The average Bonchev–Trinajstić information content (AvgIpc) is 2.82. The van der Waals surface area contributed by atoms with Crippen LogP contribution in [0, 0.1) is 0 Å². The summed E-state index contributed by atoms with van der Waals surface area (Å²) in [6.07, 6.45) is 1.72. The van der Waals surface area contributed by atoms with Crippen LogP contribution in [0.25, 0.3) is 0 Å². The molecule has 0 N–H and O–H groups in total. The van der Waals surface area contributed by atoms with Crippen LogP contribution in [0.15, 0.2) is 24.3 Å². The number of Topliss-reactive ketones (excluding diaryl/α,β-unsaturated/α-hetero) is 1. The van der Waals surface area contributed by atoms with Crippen molar-refractivity contribution in [1.29, 1.82) is 0 Å². The van der Waals surface area contributed by atoms with Crippen LogP contribution in [-0.4, -0.2) is 21.5 Å². The van der Waals surface area contributed by atoms with Crippen LogP contribution in [0.4, 0.5) is 0 Å². The van der Waals surface area contributed by atoms with E-state index in [-0.39, 0.29) is 22.1 Å². The molecule has 0 unspecified atom stereocenters. The molecule has 1 heterocycles. The molecule has 0 amide bonds. The Balaban J connectivity index is 2.32. The number of ether oxygens (including phenoxy) is 1. The van der Waals surface area contributed by atoms with Crippen LogP contribution in [0.2, 0.25) is 5.02 Å². The Morgan fingerprint density at radius 1 is 1.36 bits per heavy atom. The normalized spacial score (nSPS) is 10.5. The van der Waals surface area contributed by atoms with E-state index >= 15 is 0 Å². The van der Waals surface area contributed by atoms with E-state index in [0.29, 0.717) is 5.69 Å². The maximum atomic E-state index is 12.3. The first-order chi connectivity index (χ1) is 10.4. The van der Waals surface area contributed by atoms with Gasteiger partial charge in [-0.1, -0.05) is 31.0 Å². The number of nitrogens with zero attached hydrogens (tertiary/aromatic N) is 2. The van der Waals surface area contributed by atoms with E-state index in [0.717, 1.165) is 18.5 Å². The van der Waals surface area contributed by atoms with Gasteiger partial charge < -0.3 is 4.74 Å². The number of carbonyl (C=O) groups excluding carboxylic acids is 2. The van der Waals surface area contributed by atoms with Crippen LogP contribution < -0.4 is 4.74 Å². The molecule has 2 aromatic rings. The van der Waals surface area contributed by atoms with Gasteiger partial charge in [0.25, 0.3) is 0 Å². The van der Waals surface area contributed by atoms with Gasteiger partial charge in [0.2, 0.25) is 0 Å². The van der Waals surface area contributed by atoms with E-state index in [1.807, 2.05) is 6.92 Å². The van der Waals surface area contributed by atoms with Crippen molar-refractivity contribution in [3.63, 3.8) is 0 Å². The van der Waals surface area contributed by atoms with Gasteiger partial charge in [0, 0.05) is 7.05 Å². The van der Waals surface area contributed by atoms with E-state index in [2.05, 4.69) is 5.10 Å². The van der Waals surface area contributed by atoms with Crippen LogP contribution in [-0.2, 0) is 13.5 Å². The van der Waals surface area contributed by atoms with Gasteiger partial charge in [-0.05, 0) is 31.5 Å². The topological polar surface area (TPSA) is 61.2 Å². The van der Waals surface area contributed by atoms with Gasteiger partial charge in [0.05, 0.1) is 16.3 Å². The van der Waals surface area contributed by atoms with Crippen molar-refractivity contribution in [2.45, 2.75) is 26.7 Å². The van der Waals surface area contributed by atoms with Gasteiger partial charge in [0.1, 0.15) is 5.69 Å². The maximum absolute atomic E-state index is 12.3. The molecule has 1 aromatic heterocycles. The summed E-state index contributed by atoms with van der Waals surface area (Å²) in [4.78, 5) is 24.0. The predicted octanol–water partition coefficient (Wildman–Crippen LogP) is 3.45. The first-order valence-electron chi connectivity index (χ1n) is 6.98. The summed E-state index contributed by atoms with van der Waals surface area (Å²) in [7, 11) is 1.67. The van der Waals surface area contributed by atoms with E-state index in [4.69, 9.17) is 16.3 Å². The second-order valence-electron chi connectivity index (χ2n) is 4.96. The van der Waals surface area contributed by atoms with Gasteiger partial charge in [-0.25, -0.2) is 4.79 Å². The smallest absolute Gasteiger partial charge is 0.362 e.